The van der Waals surface area contributed by atoms with Gasteiger partial charge in [-0.3, -0.25) is 4.90 Å². The van der Waals surface area contributed by atoms with E-state index in [0.29, 0.717) is 6.04 Å². The highest BCUT2D eigenvalue weighted by molar-refractivity contribution is 5.21. The van der Waals surface area contributed by atoms with Gasteiger partial charge in [-0.05, 0) is 51.8 Å². The van der Waals surface area contributed by atoms with Crippen molar-refractivity contribution in [3.63, 3.8) is 0 Å². The molecule has 1 aromatic rings. The zero-order chi connectivity index (χ0) is 14.4. The molecule has 1 aliphatic rings. The zero-order valence-corrected chi connectivity index (χ0v) is 13.1. The normalized spacial score (nSPS) is 20.3. The second-order valence-electron chi connectivity index (χ2n) is 6.00. The van der Waals surface area contributed by atoms with Crippen molar-refractivity contribution in [2.75, 3.05) is 13.1 Å². The van der Waals surface area contributed by atoms with Crippen LogP contribution in [0.4, 0.5) is 0 Å². The summed E-state index contributed by atoms with van der Waals surface area (Å²) in [5.74, 6) is 0.736. The number of aromatic nitrogens is 1. The van der Waals surface area contributed by atoms with Gasteiger partial charge in [0.15, 0.2) is 0 Å². The summed E-state index contributed by atoms with van der Waals surface area (Å²) in [6, 6.07) is 4.76. The van der Waals surface area contributed by atoms with Crippen molar-refractivity contribution in [3.8, 4) is 5.88 Å². The SMILES string of the molecule is CCCCN1CCCCC1c1ccc(OC(C)C)nc1. The first kappa shape index (κ1) is 15.3. The average Bonchev–Trinajstić information content (AvgIpc) is 2.46. The lowest BCUT2D eigenvalue weighted by molar-refractivity contribution is 0.146. The number of nitrogens with zero attached hydrogens (tertiary/aromatic N) is 2. The van der Waals surface area contributed by atoms with Gasteiger partial charge in [0.1, 0.15) is 0 Å². The molecule has 0 amide bonds. The van der Waals surface area contributed by atoms with Crippen LogP contribution in [0.5, 0.6) is 5.88 Å². The van der Waals surface area contributed by atoms with Crippen molar-refractivity contribution >= 4 is 0 Å². The quantitative estimate of drug-likeness (QED) is 0.778. The van der Waals surface area contributed by atoms with Crippen molar-refractivity contribution in [2.24, 2.45) is 0 Å². The summed E-state index contributed by atoms with van der Waals surface area (Å²) in [7, 11) is 0. The third-order valence-electron chi connectivity index (χ3n) is 3.91. The van der Waals surface area contributed by atoms with Gasteiger partial charge in [0.05, 0.1) is 6.10 Å². The molecule has 0 N–H and O–H groups in total. The molecule has 0 bridgehead atoms. The maximum Gasteiger partial charge on any atom is 0.213 e. The van der Waals surface area contributed by atoms with E-state index < -0.39 is 0 Å². The summed E-state index contributed by atoms with van der Waals surface area (Å²) in [6.45, 7) is 8.77. The molecule has 1 saturated heterocycles. The molecule has 20 heavy (non-hydrogen) atoms. The smallest absolute Gasteiger partial charge is 0.213 e. The highest BCUT2D eigenvalue weighted by atomic mass is 16.5. The van der Waals surface area contributed by atoms with Gasteiger partial charge in [0.2, 0.25) is 5.88 Å². The van der Waals surface area contributed by atoms with Crippen LogP contribution in [0.25, 0.3) is 0 Å². The number of rotatable bonds is 6. The van der Waals surface area contributed by atoms with Crippen LogP contribution in [0.2, 0.25) is 0 Å². The molecule has 1 unspecified atom stereocenters. The van der Waals surface area contributed by atoms with Crippen LogP contribution in [0, 0.1) is 0 Å². The van der Waals surface area contributed by atoms with E-state index in [2.05, 4.69) is 22.9 Å². The Morgan fingerprint density at radius 2 is 2.20 bits per heavy atom. The van der Waals surface area contributed by atoms with Crippen molar-refractivity contribution in [1.82, 2.24) is 9.88 Å². The third-order valence-corrected chi connectivity index (χ3v) is 3.91. The Kier molecular flexibility index (Phi) is 5.84. The van der Waals surface area contributed by atoms with Gasteiger partial charge < -0.3 is 4.74 Å². The summed E-state index contributed by atoms with van der Waals surface area (Å²) in [4.78, 5) is 7.09. The van der Waals surface area contributed by atoms with Crippen molar-refractivity contribution in [1.29, 1.82) is 0 Å². The maximum atomic E-state index is 5.62. The van der Waals surface area contributed by atoms with Crippen LogP contribution < -0.4 is 4.74 Å². The fraction of sp³-hybridized carbons (Fsp3) is 0.706. The molecule has 3 nitrogen and oxygen atoms in total. The number of piperidine rings is 1. The predicted octanol–water partition coefficient (Wildman–Crippen LogP) is 4.20. The minimum Gasteiger partial charge on any atom is -0.475 e. The summed E-state index contributed by atoms with van der Waals surface area (Å²) in [6.07, 6.45) is 8.67. The van der Waals surface area contributed by atoms with Gasteiger partial charge >= 0.3 is 0 Å². The zero-order valence-electron chi connectivity index (χ0n) is 13.1. The summed E-state index contributed by atoms with van der Waals surface area (Å²) in [5, 5.41) is 0. The first-order chi connectivity index (χ1) is 9.70. The summed E-state index contributed by atoms with van der Waals surface area (Å²) in [5.41, 5.74) is 1.34. The first-order valence-electron chi connectivity index (χ1n) is 8.07. The predicted molar refractivity (Wildman–Crippen MR) is 83.1 cm³/mol. The maximum absolute atomic E-state index is 5.62. The van der Waals surface area contributed by atoms with Crippen LogP contribution in [0.1, 0.15) is 64.5 Å². The minimum absolute atomic E-state index is 0.184. The topological polar surface area (TPSA) is 25.4 Å². The van der Waals surface area contributed by atoms with E-state index >= 15 is 0 Å². The number of ether oxygens (including phenoxy) is 1. The lowest BCUT2D eigenvalue weighted by Crippen LogP contribution is -2.34. The molecule has 2 heterocycles. The molecule has 0 spiro atoms. The molecule has 1 aliphatic heterocycles. The molecule has 2 rings (SSSR count). The molecule has 0 saturated carbocycles. The highest BCUT2D eigenvalue weighted by Gasteiger charge is 2.23. The van der Waals surface area contributed by atoms with E-state index in [9.17, 15) is 0 Å². The Morgan fingerprint density at radius 3 is 2.85 bits per heavy atom. The Hall–Kier alpha value is -1.09. The second kappa shape index (κ2) is 7.63. The molecule has 112 valence electrons. The molecule has 3 heteroatoms. The highest BCUT2D eigenvalue weighted by Crippen LogP contribution is 2.31. The van der Waals surface area contributed by atoms with E-state index in [0.717, 1.165) is 5.88 Å². The fourth-order valence-corrected chi connectivity index (χ4v) is 2.90. The van der Waals surface area contributed by atoms with E-state index in [1.807, 2.05) is 26.1 Å². The Labute approximate surface area is 123 Å². The lowest BCUT2D eigenvalue weighted by atomic mass is 9.96. The van der Waals surface area contributed by atoms with Crippen LogP contribution in [-0.4, -0.2) is 29.1 Å². The monoisotopic (exact) mass is 276 g/mol. The van der Waals surface area contributed by atoms with Crippen molar-refractivity contribution in [2.45, 2.75) is 65.0 Å². The molecule has 1 aromatic heterocycles. The van der Waals surface area contributed by atoms with Gasteiger partial charge in [0, 0.05) is 18.3 Å². The average molecular weight is 276 g/mol. The molecule has 1 atom stereocenters. The number of pyridine rings is 1. The van der Waals surface area contributed by atoms with Gasteiger partial charge in [-0.25, -0.2) is 4.98 Å². The van der Waals surface area contributed by atoms with Gasteiger partial charge in [0.25, 0.3) is 0 Å². The van der Waals surface area contributed by atoms with Crippen molar-refractivity contribution in [3.05, 3.63) is 23.9 Å². The standard InChI is InChI=1S/C17H28N2O/c1-4-5-11-19-12-7-6-8-16(19)15-9-10-17(18-13-15)20-14(2)3/h9-10,13-14,16H,4-8,11-12H2,1-3H3. The minimum atomic E-state index is 0.184. The molecule has 1 fully saturated rings. The molecular formula is C17H28N2O. The van der Waals surface area contributed by atoms with Crippen LogP contribution in [0.3, 0.4) is 0 Å². The molecule has 0 radical (unpaired) electrons. The second-order valence-corrected chi connectivity index (χ2v) is 6.00. The van der Waals surface area contributed by atoms with Crippen LogP contribution in [-0.2, 0) is 0 Å². The van der Waals surface area contributed by atoms with Gasteiger partial charge in [-0.1, -0.05) is 25.8 Å². The number of unbranched alkanes of at least 4 members (excludes halogenated alkanes) is 1. The summed E-state index contributed by atoms with van der Waals surface area (Å²) >= 11 is 0. The first-order valence-corrected chi connectivity index (χ1v) is 8.07. The van der Waals surface area contributed by atoms with E-state index in [-0.39, 0.29) is 6.10 Å². The van der Waals surface area contributed by atoms with Gasteiger partial charge in [-0.15, -0.1) is 0 Å². The fourth-order valence-electron chi connectivity index (χ4n) is 2.90. The van der Waals surface area contributed by atoms with Crippen LogP contribution in [0.15, 0.2) is 18.3 Å². The molecule has 0 aromatic carbocycles. The Bertz CT molecular complexity index is 388. The number of hydrogen-bond acceptors (Lipinski definition) is 3. The van der Waals surface area contributed by atoms with Crippen LogP contribution >= 0.6 is 0 Å². The number of hydrogen-bond donors (Lipinski definition) is 0. The van der Waals surface area contributed by atoms with E-state index in [1.54, 1.807) is 0 Å². The number of likely N-dealkylation sites (tertiary alicyclic amines) is 1. The summed E-state index contributed by atoms with van der Waals surface area (Å²) < 4.78 is 5.62. The third kappa shape index (κ3) is 4.20. The van der Waals surface area contributed by atoms with E-state index in [1.165, 1.54) is 50.8 Å². The lowest BCUT2D eigenvalue weighted by Gasteiger charge is -2.35. The van der Waals surface area contributed by atoms with E-state index in [4.69, 9.17) is 4.74 Å². The molecular weight excluding hydrogens is 248 g/mol. The largest absolute Gasteiger partial charge is 0.475 e. The van der Waals surface area contributed by atoms with Gasteiger partial charge in [-0.2, -0.15) is 0 Å². The molecule has 0 aliphatic carbocycles. The Balaban J connectivity index is 2.03. The Morgan fingerprint density at radius 1 is 1.35 bits per heavy atom. The van der Waals surface area contributed by atoms with Crippen molar-refractivity contribution < 1.29 is 4.74 Å².